The molecule has 0 saturated carbocycles. The van der Waals surface area contributed by atoms with Gasteiger partial charge in [-0.05, 0) is 29.7 Å². The number of fused-ring (bicyclic) bond motifs is 1. The Kier molecular flexibility index (Phi) is 5.45. The van der Waals surface area contributed by atoms with Crippen LogP contribution in [0.4, 0.5) is 4.79 Å². The molecule has 7 nitrogen and oxygen atoms in total. The van der Waals surface area contributed by atoms with Crippen LogP contribution in [-0.4, -0.2) is 50.2 Å². The Morgan fingerprint density at radius 1 is 1.38 bits per heavy atom. The van der Waals surface area contributed by atoms with Crippen LogP contribution in [0.2, 0.25) is 0 Å². The van der Waals surface area contributed by atoms with Gasteiger partial charge in [0, 0.05) is 44.4 Å². The Labute approximate surface area is 140 Å². The van der Waals surface area contributed by atoms with Crippen molar-refractivity contribution in [1.82, 2.24) is 15.6 Å². The lowest BCUT2D eigenvalue weighted by molar-refractivity contribution is 0.0805. The van der Waals surface area contributed by atoms with Gasteiger partial charge in [-0.15, -0.1) is 0 Å². The maximum absolute atomic E-state index is 11.6. The van der Waals surface area contributed by atoms with Crippen LogP contribution < -0.4 is 15.4 Å². The first-order valence-corrected chi connectivity index (χ1v) is 7.92. The van der Waals surface area contributed by atoms with Gasteiger partial charge >= 0.3 is 6.09 Å². The molecule has 1 aromatic heterocycles. The van der Waals surface area contributed by atoms with Crippen LogP contribution in [0, 0.1) is 0 Å². The van der Waals surface area contributed by atoms with E-state index in [-0.39, 0.29) is 12.3 Å². The minimum atomic E-state index is -0.455. The number of hydrogen-bond donors (Lipinski definition) is 2. The van der Waals surface area contributed by atoms with Gasteiger partial charge in [0.05, 0.1) is 6.61 Å². The van der Waals surface area contributed by atoms with Crippen molar-refractivity contribution in [1.29, 1.82) is 0 Å². The second-order valence-corrected chi connectivity index (χ2v) is 5.58. The zero-order valence-electron chi connectivity index (χ0n) is 13.5. The third kappa shape index (κ3) is 4.33. The van der Waals surface area contributed by atoms with Crippen LogP contribution >= 0.6 is 0 Å². The standard InChI is InChI=1S/C17H21N3O4/c1-22-7-6-19-17(21)24-16-9-15(11-20-16)23-14-3-2-13-10-18-5-4-12(13)8-14/h2-5,8,10,15-16,20H,6-7,9,11H2,1H3,(H,19,21)/t15-,16+/m1/s1. The number of methoxy groups -OCH3 is 1. The highest BCUT2D eigenvalue weighted by molar-refractivity contribution is 5.82. The van der Waals surface area contributed by atoms with Crippen molar-refractivity contribution in [3.8, 4) is 5.75 Å². The van der Waals surface area contributed by atoms with Gasteiger partial charge in [0.15, 0.2) is 6.23 Å². The van der Waals surface area contributed by atoms with Gasteiger partial charge < -0.3 is 19.5 Å². The summed E-state index contributed by atoms with van der Waals surface area (Å²) in [5.74, 6) is 0.797. The van der Waals surface area contributed by atoms with Crippen LogP contribution in [0.25, 0.3) is 10.8 Å². The molecular formula is C17H21N3O4. The lowest BCUT2D eigenvalue weighted by Gasteiger charge is -2.14. The maximum atomic E-state index is 11.6. The average Bonchev–Trinajstić information content (AvgIpc) is 3.02. The van der Waals surface area contributed by atoms with E-state index in [0.717, 1.165) is 16.5 Å². The fourth-order valence-electron chi connectivity index (χ4n) is 2.60. The molecule has 1 aromatic carbocycles. The number of rotatable bonds is 6. The minimum absolute atomic E-state index is 0.0407. The number of carbonyl (C=O) groups excluding carboxylic acids is 1. The van der Waals surface area contributed by atoms with Crippen molar-refractivity contribution in [3.63, 3.8) is 0 Å². The van der Waals surface area contributed by atoms with E-state index in [1.54, 1.807) is 13.3 Å². The summed E-state index contributed by atoms with van der Waals surface area (Å²) in [7, 11) is 1.58. The van der Waals surface area contributed by atoms with Crippen LogP contribution in [0.5, 0.6) is 5.75 Å². The zero-order valence-corrected chi connectivity index (χ0v) is 13.5. The molecule has 2 atom stereocenters. The van der Waals surface area contributed by atoms with E-state index in [4.69, 9.17) is 14.2 Å². The van der Waals surface area contributed by atoms with Crippen molar-refractivity contribution in [2.75, 3.05) is 26.8 Å². The second-order valence-electron chi connectivity index (χ2n) is 5.58. The van der Waals surface area contributed by atoms with Crippen LogP contribution in [-0.2, 0) is 9.47 Å². The monoisotopic (exact) mass is 331 g/mol. The number of carbonyl (C=O) groups is 1. The first kappa shape index (κ1) is 16.5. The zero-order chi connectivity index (χ0) is 16.8. The van der Waals surface area contributed by atoms with Crippen molar-refractivity contribution in [2.45, 2.75) is 18.8 Å². The van der Waals surface area contributed by atoms with Gasteiger partial charge in [-0.1, -0.05) is 0 Å². The van der Waals surface area contributed by atoms with Gasteiger partial charge in [-0.3, -0.25) is 10.3 Å². The first-order valence-electron chi connectivity index (χ1n) is 7.92. The molecule has 0 unspecified atom stereocenters. The Bertz CT molecular complexity index is 694. The number of ether oxygens (including phenoxy) is 3. The molecule has 128 valence electrons. The van der Waals surface area contributed by atoms with Crippen LogP contribution in [0.1, 0.15) is 6.42 Å². The predicted octanol–water partition coefficient (Wildman–Crippen LogP) is 1.67. The van der Waals surface area contributed by atoms with E-state index >= 15 is 0 Å². The second kappa shape index (κ2) is 7.94. The molecule has 1 aliphatic heterocycles. The van der Waals surface area contributed by atoms with E-state index in [1.807, 2.05) is 30.5 Å². The maximum Gasteiger partial charge on any atom is 0.408 e. The molecule has 3 rings (SSSR count). The van der Waals surface area contributed by atoms with E-state index in [0.29, 0.717) is 26.1 Å². The largest absolute Gasteiger partial charge is 0.489 e. The highest BCUT2D eigenvalue weighted by Gasteiger charge is 2.28. The molecule has 2 aromatic rings. The molecule has 0 radical (unpaired) electrons. The molecule has 1 saturated heterocycles. The Hall–Kier alpha value is -2.38. The molecule has 24 heavy (non-hydrogen) atoms. The summed E-state index contributed by atoms with van der Waals surface area (Å²) in [6.45, 7) is 1.51. The molecule has 2 heterocycles. The number of pyridine rings is 1. The quantitative estimate of drug-likeness (QED) is 0.784. The van der Waals surface area contributed by atoms with Gasteiger partial charge in [-0.2, -0.15) is 0 Å². The first-order chi connectivity index (χ1) is 11.7. The Morgan fingerprint density at radius 2 is 2.29 bits per heavy atom. The summed E-state index contributed by atoms with van der Waals surface area (Å²) in [4.78, 5) is 15.7. The highest BCUT2D eigenvalue weighted by Crippen LogP contribution is 2.23. The number of alkyl carbamates (subject to hydrolysis) is 1. The molecule has 7 heteroatoms. The number of nitrogens with one attached hydrogen (secondary N) is 2. The molecule has 0 spiro atoms. The summed E-state index contributed by atoms with van der Waals surface area (Å²) >= 11 is 0. The summed E-state index contributed by atoms with van der Waals surface area (Å²) < 4.78 is 16.1. The fourth-order valence-corrected chi connectivity index (χ4v) is 2.60. The third-order valence-corrected chi connectivity index (χ3v) is 3.79. The van der Waals surface area contributed by atoms with Gasteiger partial charge in [0.1, 0.15) is 11.9 Å². The average molecular weight is 331 g/mol. The number of hydrogen-bond acceptors (Lipinski definition) is 6. The molecule has 1 aliphatic rings. The summed E-state index contributed by atoms with van der Waals surface area (Å²) in [6, 6.07) is 7.85. The summed E-state index contributed by atoms with van der Waals surface area (Å²) in [5, 5.41) is 7.91. The Balaban J connectivity index is 1.49. The van der Waals surface area contributed by atoms with Crippen molar-refractivity contribution >= 4 is 16.9 Å². The fraction of sp³-hybridized carbons (Fsp3) is 0.412. The predicted molar refractivity (Wildman–Crippen MR) is 88.9 cm³/mol. The molecule has 1 fully saturated rings. The van der Waals surface area contributed by atoms with Crippen molar-refractivity contribution < 1.29 is 19.0 Å². The topological polar surface area (TPSA) is 81.7 Å². The summed E-state index contributed by atoms with van der Waals surface area (Å²) in [6.07, 6.45) is 3.34. The van der Waals surface area contributed by atoms with E-state index in [9.17, 15) is 4.79 Å². The molecule has 0 bridgehead atoms. The lowest BCUT2D eigenvalue weighted by atomic mass is 10.2. The Morgan fingerprint density at radius 3 is 3.17 bits per heavy atom. The number of nitrogens with zero attached hydrogens (tertiary/aromatic N) is 1. The van der Waals surface area contributed by atoms with Crippen LogP contribution in [0.3, 0.4) is 0 Å². The number of aromatic nitrogens is 1. The van der Waals surface area contributed by atoms with Gasteiger partial charge in [-0.25, -0.2) is 4.79 Å². The van der Waals surface area contributed by atoms with Crippen molar-refractivity contribution in [3.05, 3.63) is 36.7 Å². The minimum Gasteiger partial charge on any atom is -0.489 e. The van der Waals surface area contributed by atoms with Gasteiger partial charge in [0.2, 0.25) is 0 Å². The molecule has 0 aliphatic carbocycles. The number of amides is 1. The van der Waals surface area contributed by atoms with Gasteiger partial charge in [0.25, 0.3) is 0 Å². The third-order valence-electron chi connectivity index (χ3n) is 3.79. The van der Waals surface area contributed by atoms with E-state index in [1.165, 1.54) is 0 Å². The molecular weight excluding hydrogens is 310 g/mol. The SMILES string of the molecule is COCCNC(=O)O[C@H]1C[C@@H](Oc2ccc3cnccc3c2)CN1. The van der Waals surface area contributed by atoms with Crippen molar-refractivity contribution in [2.24, 2.45) is 0 Å². The smallest absolute Gasteiger partial charge is 0.408 e. The van der Waals surface area contributed by atoms with E-state index < -0.39 is 6.09 Å². The normalized spacial score (nSPS) is 20.0. The summed E-state index contributed by atoms with van der Waals surface area (Å²) in [5.41, 5.74) is 0. The molecule has 2 N–H and O–H groups in total. The van der Waals surface area contributed by atoms with E-state index in [2.05, 4.69) is 15.6 Å². The number of benzene rings is 1. The molecule has 1 amide bonds. The van der Waals surface area contributed by atoms with Crippen LogP contribution in [0.15, 0.2) is 36.7 Å². The lowest BCUT2D eigenvalue weighted by Crippen LogP contribution is -2.35. The highest BCUT2D eigenvalue weighted by atomic mass is 16.6.